The third-order valence-electron chi connectivity index (χ3n) is 3.00. The van der Waals surface area contributed by atoms with Crippen molar-refractivity contribution in [1.82, 2.24) is 10.2 Å². The van der Waals surface area contributed by atoms with Crippen LogP contribution >= 0.6 is 0 Å². The van der Waals surface area contributed by atoms with Crippen LogP contribution in [-0.4, -0.2) is 37.6 Å². The number of para-hydroxylation sites is 1. The highest BCUT2D eigenvalue weighted by Gasteiger charge is 2.19. The van der Waals surface area contributed by atoms with E-state index in [1.165, 1.54) is 0 Å². The van der Waals surface area contributed by atoms with E-state index < -0.39 is 0 Å². The molecule has 1 amide bonds. The Balaban J connectivity index is 2.78. The number of nitrogens with zero attached hydrogens (tertiary/aromatic N) is 1. The number of hydrogen-bond donors (Lipinski definition) is 1. The molecular weight excluding hydrogens is 240 g/mol. The van der Waals surface area contributed by atoms with Crippen molar-refractivity contribution in [3.05, 3.63) is 29.8 Å². The zero-order valence-electron chi connectivity index (χ0n) is 12.4. The molecule has 1 rings (SSSR count). The SMILES string of the molecule is CCOc1ccccc1C(C)NC(C)C(=O)N(C)C. The molecule has 106 valence electrons. The lowest BCUT2D eigenvalue weighted by Crippen LogP contribution is -2.42. The summed E-state index contributed by atoms with van der Waals surface area (Å²) in [4.78, 5) is 13.4. The molecule has 2 unspecified atom stereocenters. The Morgan fingerprint density at radius 3 is 2.53 bits per heavy atom. The molecule has 1 N–H and O–H groups in total. The van der Waals surface area contributed by atoms with Crippen LogP contribution in [-0.2, 0) is 4.79 Å². The second kappa shape index (κ2) is 7.14. The molecule has 0 aromatic heterocycles. The van der Waals surface area contributed by atoms with Crippen LogP contribution in [0.15, 0.2) is 24.3 Å². The second-order valence-corrected chi connectivity index (χ2v) is 4.81. The van der Waals surface area contributed by atoms with Gasteiger partial charge in [-0.25, -0.2) is 0 Å². The first-order chi connectivity index (χ1) is 8.97. The van der Waals surface area contributed by atoms with Crippen LogP contribution in [0.1, 0.15) is 32.4 Å². The van der Waals surface area contributed by atoms with Gasteiger partial charge < -0.3 is 9.64 Å². The molecule has 0 radical (unpaired) electrons. The summed E-state index contributed by atoms with van der Waals surface area (Å²) in [5.41, 5.74) is 1.07. The number of likely N-dealkylation sites (N-methyl/N-ethyl adjacent to an activating group) is 1. The first kappa shape index (κ1) is 15.5. The van der Waals surface area contributed by atoms with Gasteiger partial charge in [0.1, 0.15) is 5.75 Å². The summed E-state index contributed by atoms with van der Waals surface area (Å²) in [5, 5.41) is 3.30. The van der Waals surface area contributed by atoms with E-state index in [1.54, 1.807) is 19.0 Å². The molecule has 0 saturated heterocycles. The normalized spacial score (nSPS) is 13.7. The molecule has 0 fully saturated rings. The maximum Gasteiger partial charge on any atom is 0.238 e. The van der Waals surface area contributed by atoms with E-state index in [0.29, 0.717) is 6.61 Å². The zero-order valence-corrected chi connectivity index (χ0v) is 12.4. The van der Waals surface area contributed by atoms with Crippen LogP contribution in [0.4, 0.5) is 0 Å². The van der Waals surface area contributed by atoms with E-state index in [4.69, 9.17) is 4.74 Å². The fourth-order valence-corrected chi connectivity index (χ4v) is 2.05. The summed E-state index contributed by atoms with van der Waals surface area (Å²) in [7, 11) is 3.53. The summed E-state index contributed by atoms with van der Waals surface area (Å²) >= 11 is 0. The lowest BCUT2D eigenvalue weighted by Gasteiger charge is -2.23. The van der Waals surface area contributed by atoms with Gasteiger partial charge in [-0.2, -0.15) is 0 Å². The molecule has 19 heavy (non-hydrogen) atoms. The lowest BCUT2D eigenvalue weighted by atomic mass is 10.1. The summed E-state index contributed by atoms with van der Waals surface area (Å²) in [5.74, 6) is 0.940. The van der Waals surface area contributed by atoms with Gasteiger partial charge in [-0.05, 0) is 26.8 Å². The van der Waals surface area contributed by atoms with E-state index in [1.807, 2.05) is 45.0 Å². The number of hydrogen-bond acceptors (Lipinski definition) is 3. The van der Waals surface area contributed by atoms with Gasteiger partial charge in [0.15, 0.2) is 0 Å². The molecule has 0 aliphatic carbocycles. The molecule has 0 spiro atoms. The smallest absolute Gasteiger partial charge is 0.238 e. The highest BCUT2D eigenvalue weighted by Crippen LogP contribution is 2.25. The maximum atomic E-state index is 11.9. The molecule has 0 heterocycles. The predicted molar refractivity (Wildman–Crippen MR) is 77.3 cm³/mol. The van der Waals surface area contributed by atoms with Crippen LogP contribution < -0.4 is 10.1 Å². The number of rotatable bonds is 6. The molecule has 4 nitrogen and oxygen atoms in total. The molecule has 0 aliphatic rings. The Morgan fingerprint density at radius 2 is 1.95 bits per heavy atom. The molecule has 2 atom stereocenters. The van der Waals surface area contributed by atoms with Crippen molar-refractivity contribution in [3.63, 3.8) is 0 Å². The van der Waals surface area contributed by atoms with Crippen molar-refractivity contribution >= 4 is 5.91 Å². The van der Waals surface area contributed by atoms with Crippen molar-refractivity contribution in [2.45, 2.75) is 32.9 Å². The van der Waals surface area contributed by atoms with Crippen molar-refractivity contribution in [2.75, 3.05) is 20.7 Å². The fourth-order valence-electron chi connectivity index (χ4n) is 2.05. The van der Waals surface area contributed by atoms with E-state index >= 15 is 0 Å². The monoisotopic (exact) mass is 264 g/mol. The topological polar surface area (TPSA) is 41.6 Å². The second-order valence-electron chi connectivity index (χ2n) is 4.81. The van der Waals surface area contributed by atoms with Crippen molar-refractivity contribution < 1.29 is 9.53 Å². The first-order valence-corrected chi connectivity index (χ1v) is 6.66. The quantitative estimate of drug-likeness (QED) is 0.856. The van der Waals surface area contributed by atoms with Crippen LogP contribution in [0.5, 0.6) is 5.75 Å². The Labute approximate surface area is 115 Å². The first-order valence-electron chi connectivity index (χ1n) is 6.66. The number of ether oxygens (including phenoxy) is 1. The third kappa shape index (κ3) is 4.24. The van der Waals surface area contributed by atoms with Crippen molar-refractivity contribution in [2.24, 2.45) is 0 Å². The third-order valence-corrected chi connectivity index (χ3v) is 3.00. The minimum Gasteiger partial charge on any atom is -0.494 e. The minimum absolute atomic E-state index is 0.0571. The molecule has 0 aliphatic heterocycles. The van der Waals surface area contributed by atoms with Gasteiger partial charge in [0.05, 0.1) is 12.6 Å². The molecule has 1 aromatic carbocycles. The van der Waals surface area contributed by atoms with Gasteiger partial charge in [-0.1, -0.05) is 18.2 Å². The van der Waals surface area contributed by atoms with Gasteiger partial charge in [0, 0.05) is 25.7 Å². The van der Waals surface area contributed by atoms with Crippen LogP contribution in [0.25, 0.3) is 0 Å². The number of nitrogens with one attached hydrogen (secondary N) is 1. The highest BCUT2D eigenvalue weighted by atomic mass is 16.5. The molecule has 1 aromatic rings. The van der Waals surface area contributed by atoms with E-state index in [2.05, 4.69) is 5.32 Å². The predicted octanol–water partition coefficient (Wildman–Crippen LogP) is 2.21. The fraction of sp³-hybridized carbons (Fsp3) is 0.533. The number of amides is 1. The largest absolute Gasteiger partial charge is 0.494 e. The Hall–Kier alpha value is -1.55. The molecule has 0 bridgehead atoms. The summed E-state index contributed by atoms with van der Waals surface area (Å²) in [6.45, 7) is 6.52. The lowest BCUT2D eigenvalue weighted by molar-refractivity contribution is -0.130. The summed E-state index contributed by atoms with van der Waals surface area (Å²) in [6.07, 6.45) is 0. The number of benzene rings is 1. The standard InChI is InChI=1S/C15H24N2O2/c1-6-19-14-10-8-7-9-13(14)11(2)16-12(3)15(18)17(4)5/h7-12,16H,6H2,1-5H3. The summed E-state index contributed by atoms with van der Waals surface area (Å²) < 4.78 is 5.61. The Morgan fingerprint density at radius 1 is 1.32 bits per heavy atom. The van der Waals surface area contributed by atoms with Gasteiger partial charge in [-0.15, -0.1) is 0 Å². The number of carbonyl (C=O) groups excluding carboxylic acids is 1. The summed E-state index contributed by atoms with van der Waals surface area (Å²) in [6, 6.07) is 7.75. The average molecular weight is 264 g/mol. The maximum absolute atomic E-state index is 11.9. The van der Waals surface area contributed by atoms with Crippen LogP contribution in [0.2, 0.25) is 0 Å². The van der Waals surface area contributed by atoms with Gasteiger partial charge in [0.2, 0.25) is 5.91 Å². The van der Waals surface area contributed by atoms with Crippen molar-refractivity contribution in [1.29, 1.82) is 0 Å². The molecule has 0 saturated carbocycles. The minimum atomic E-state index is -0.223. The Kier molecular flexibility index (Phi) is 5.83. The van der Waals surface area contributed by atoms with Gasteiger partial charge >= 0.3 is 0 Å². The van der Waals surface area contributed by atoms with Crippen LogP contribution in [0, 0.1) is 0 Å². The van der Waals surface area contributed by atoms with Crippen LogP contribution in [0.3, 0.4) is 0 Å². The van der Waals surface area contributed by atoms with Gasteiger partial charge in [-0.3, -0.25) is 10.1 Å². The molecular formula is C15H24N2O2. The highest BCUT2D eigenvalue weighted by molar-refractivity contribution is 5.80. The Bertz CT molecular complexity index is 418. The average Bonchev–Trinajstić information content (AvgIpc) is 2.38. The molecule has 4 heteroatoms. The van der Waals surface area contributed by atoms with Crippen molar-refractivity contribution in [3.8, 4) is 5.75 Å². The van der Waals surface area contributed by atoms with E-state index in [-0.39, 0.29) is 18.0 Å². The van der Waals surface area contributed by atoms with E-state index in [9.17, 15) is 4.79 Å². The zero-order chi connectivity index (χ0) is 14.4. The number of carbonyl (C=O) groups is 1. The van der Waals surface area contributed by atoms with E-state index in [0.717, 1.165) is 11.3 Å². The van der Waals surface area contributed by atoms with Gasteiger partial charge in [0.25, 0.3) is 0 Å².